The molecule has 100 valence electrons. The van der Waals surface area contributed by atoms with Crippen LogP contribution in [0.3, 0.4) is 0 Å². The normalized spacial score (nSPS) is 18.7. The number of nitrogens with zero attached hydrogens (tertiary/aromatic N) is 1. The summed E-state index contributed by atoms with van der Waals surface area (Å²) in [6.45, 7) is 1.18. The summed E-state index contributed by atoms with van der Waals surface area (Å²) in [7, 11) is -3.04. The number of nitrogens with one attached hydrogen (secondary N) is 1. The van der Waals surface area contributed by atoms with E-state index in [2.05, 4.69) is 5.32 Å². The summed E-state index contributed by atoms with van der Waals surface area (Å²) in [5.41, 5.74) is 7.40. The number of nitrogens with two attached hydrogens (primary N) is 1. The first-order valence-corrected chi connectivity index (χ1v) is 7.87. The Labute approximate surface area is 108 Å². The van der Waals surface area contributed by atoms with Gasteiger partial charge in [0.05, 0.1) is 6.26 Å². The first kappa shape index (κ1) is 13.2. The maximum atomic E-state index is 11.4. The van der Waals surface area contributed by atoms with Gasteiger partial charge in [0.2, 0.25) is 10.0 Å². The van der Waals surface area contributed by atoms with Gasteiger partial charge in [0.15, 0.2) is 0 Å². The molecule has 0 bridgehead atoms. The molecule has 0 atom stereocenters. The average molecular weight is 269 g/mol. The van der Waals surface area contributed by atoms with Crippen molar-refractivity contribution < 1.29 is 8.42 Å². The second-order valence-corrected chi connectivity index (χ2v) is 6.69. The van der Waals surface area contributed by atoms with Gasteiger partial charge in [-0.05, 0) is 37.1 Å². The van der Waals surface area contributed by atoms with Gasteiger partial charge in [-0.2, -0.15) is 0 Å². The Hall–Kier alpha value is -1.27. The largest absolute Gasteiger partial charge is 0.399 e. The van der Waals surface area contributed by atoms with Gasteiger partial charge in [-0.25, -0.2) is 12.7 Å². The van der Waals surface area contributed by atoms with E-state index >= 15 is 0 Å². The Morgan fingerprint density at radius 3 is 2.28 bits per heavy atom. The molecule has 0 saturated carbocycles. The number of hydrogen-bond acceptors (Lipinski definition) is 4. The zero-order valence-corrected chi connectivity index (χ0v) is 11.3. The number of hydrogen-bond donors (Lipinski definition) is 2. The summed E-state index contributed by atoms with van der Waals surface area (Å²) in [6, 6.07) is 7.92. The molecule has 1 saturated heterocycles. The molecular weight excluding hydrogens is 250 g/mol. The van der Waals surface area contributed by atoms with Crippen LogP contribution in [0.5, 0.6) is 0 Å². The molecule has 1 aliphatic heterocycles. The predicted octanol–water partition coefficient (Wildman–Crippen LogP) is 1.10. The number of anilines is 2. The highest BCUT2D eigenvalue weighted by atomic mass is 32.2. The van der Waals surface area contributed by atoms with Crippen molar-refractivity contribution in [1.29, 1.82) is 0 Å². The van der Waals surface area contributed by atoms with E-state index in [1.165, 1.54) is 10.6 Å². The first-order chi connectivity index (χ1) is 8.45. The second-order valence-electron chi connectivity index (χ2n) is 4.70. The first-order valence-electron chi connectivity index (χ1n) is 6.02. The molecular formula is C12H19N3O2S. The lowest BCUT2D eigenvalue weighted by atomic mass is 10.1. The molecule has 1 aromatic rings. The molecule has 2 rings (SSSR count). The molecule has 1 heterocycles. The number of piperidine rings is 1. The molecule has 0 amide bonds. The van der Waals surface area contributed by atoms with Crippen molar-refractivity contribution in [1.82, 2.24) is 4.31 Å². The van der Waals surface area contributed by atoms with E-state index in [9.17, 15) is 8.42 Å². The standard InChI is InChI=1S/C12H19N3O2S/c1-18(16,17)15-8-6-12(7-9-15)14-11-4-2-10(13)3-5-11/h2-5,12,14H,6-9,13H2,1H3. The van der Waals surface area contributed by atoms with Crippen LogP contribution in [0.1, 0.15) is 12.8 Å². The Bertz CT molecular complexity index is 491. The van der Waals surface area contributed by atoms with Crippen LogP contribution in [-0.4, -0.2) is 38.1 Å². The van der Waals surface area contributed by atoms with Gasteiger partial charge in [0, 0.05) is 30.5 Å². The average Bonchev–Trinajstić information content (AvgIpc) is 2.32. The van der Waals surface area contributed by atoms with Crippen LogP contribution >= 0.6 is 0 Å². The monoisotopic (exact) mass is 269 g/mol. The maximum Gasteiger partial charge on any atom is 0.211 e. The van der Waals surface area contributed by atoms with E-state index in [0.29, 0.717) is 19.1 Å². The molecule has 1 aliphatic rings. The summed E-state index contributed by atoms with van der Waals surface area (Å²) in [5.74, 6) is 0. The minimum atomic E-state index is -3.04. The van der Waals surface area contributed by atoms with Gasteiger partial charge in [-0.1, -0.05) is 0 Å². The third-order valence-corrected chi connectivity index (χ3v) is 4.51. The number of sulfonamides is 1. The van der Waals surface area contributed by atoms with Crippen LogP contribution in [-0.2, 0) is 10.0 Å². The zero-order chi connectivity index (χ0) is 13.2. The van der Waals surface area contributed by atoms with Crippen LogP contribution in [0.15, 0.2) is 24.3 Å². The summed E-state index contributed by atoms with van der Waals surface area (Å²) in [4.78, 5) is 0. The number of nitrogen functional groups attached to an aromatic ring is 1. The number of rotatable bonds is 3. The molecule has 0 spiro atoms. The van der Waals surface area contributed by atoms with Crippen molar-refractivity contribution in [2.45, 2.75) is 18.9 Å². The quantitative estimate of drug-likeness (QED) is 0.806. The summed E-state index contributed by atoms with van der Waals surface area (Å²) < 4.78 is 24.3. The second kappa shape index (κ2) is 5.16. The van der Waals surface area contributed by atoms with E-state index in [0.717, 1.165) is 24.2 Å². The summed E-state index contributed by atoms with van der Waals surface area (Å²) in [6.07, 6.45) is 2.93. The third kappa shape index (κ3) is 3.36. The van der Waals surface area contributed by atoms with E-state index in [-0.39, 0.29) is 0 Å². The highest BCUT2D eigenvalue weighted by Gasteiger charge is 2.24. The van der Waals surface area contributed by atoms with Crippen molar-refractivity contribution >= 4 is 21.4 Å². The Kier molecular flexibility index (Phi) is 3.77. The third-order valence-electron chi connectivity index (χ3n) is 3.20. The molecule has 0 aromatic heterocycles. The molecule has 6 heteroatoms. The Morgan fingerprint density at radius 2 is 1.78 bits per heavy atom. The topological polar surface area (TPSA) is 75.4 Å². The minimum Gasteiger partial charge on any atom is -0.399 e. The van der Waals surface area contributed by atoms with Crippen LogP contribution in [0, 0.1) is 0 Å². The van der Waals surface area contributed by atoms with Crippen LogP contribution in [0.25, 0.3) is 0 Å². The van der Waals surface area contributed by atoms with Gasteiger partial charge in [-0.3, -0.25) is 0 Å². The van der Waals surface area contributed by atoms with Crippen molar-refractivity contribution in [3.8, 4) is 0 Å². The highest BCUT2D eigenvalue weighted by molar-refractivity contribution is 7.88. The predicted molar refractivity (Wildman–Crippen MR) is 73.9 cm³/mol. The van der Waals surface area contributed by atoms with Crippen LogP contribution in [0.2, 0.25) is 0 Å². The molecule has 0 aliphatic carbocycles. The van der Waals surface area contributed by atoms with Gasteiger partial charge in [-0.15, -0.1) is 0 Å². The minimum absolute atomic E-state index is 0.326. The van der Waals surface area contributed by atoms with E-state index in [1.54, 1.807) is 0 Å². The SMILES string of the molecule is CS(=O)(=O)N1CCC(Nc2ccc(N)cc2)CC1. The van der Waals surface area contributed by atoms with Gasteiger partial charge in [0.1, 0.15) is 0 Å². The van der Waals surface area contributed by atoms with Gasteiger partial charge >= 0.3 is 0 Å². The Morgan fingerprint density at radius 1 is 1.22 bits per heavy atom. The maximum absolute atomic E-state index is 11.4. The Balaban J connectivity index is 1.89. The molecule has 0 radical (unpaired) electrons. The lowest BCUT2D eigenvalue weighted by Crippen LogP contribution is -2.41. The van der Waals surface area contributed by atoms with Crippen molar-refractivity contribution in [2.75, 3.05) is 30.4 Å². The lowest BCUT2D eigenvalue weighted by molar-refractivity contribution is 0.332. The van der Waals surface area contributed by atoms with Crippen molar-refractivity contribution in [2.24, 2.45) is 0 Å². The molecule has 0 unspecified atom stereocenters. The van der Waals surface area contributed by atoms with E-state index in [4.69, 9.17) is 5.73 Å². The fraction of sp³-hybridized carbons (Fsp3) is 0.500. The fourth-order valence-corrected chi connectivity index (χ4v) is 3.02. The van der Waals surface area contributed by atoms with Crippen molar-refractivity contribution in [3.05, 3.63) is 24.3 Å². The number of benzene rings is 1. The van der Waals surface area contributed by atoms with Crippen LogP contribution < -0.4 is 11.1 Å². The molecule has 1 aromatic carbocycles. The lowest BCUT2D eigenvalue weighted by Gasteiger charge is -2.31. The molecule has 1 fully saturated rings. The van der Waals surface area contributed by atoms with Crippen molar-refractivity contribution in [3.63, 3.8) is 0 Å². The highest BCUT2D eigenvalue weighted by Crippen LogP contribution is 2.18. The zero-order valence-electron chi connectivity index (χ0n) is 10.5. The van der Waals surface area contributed by atoms with Crippen LogP contribution in [0.4, 0.5) is 11.4 Å². The smallest absolute Gasteiger partial charge is 0.211 e. The summed E-state index contributed by atoms with van der Waals surface area (Å²) in [5, 5.41) is 3.40. The van der Waals surface area contributed by atoms with E-state index in [1.807, 2.05) is 24.3 Å². The van der Waals surface area contributed by atoms with Gasteiger partial charge in [0.25, 0.3) is 0 Å². The molecule has 18 heavy (non-hydrogen) atoms. The summed E-state index contributed by atoms with van der Waals surface area (Å²) >= 11 is 0. The fourth-order valence-electron chi connectivity index (χ4n) is 2.15. The van der Waals surface area contributed by atoms with E-state index < -0.39 is 10.0 Å². The van der Waals surface area contributed by atoms with Gasteiger partial charge < -0.3 is 11.1 Å². The molecule has 5 nitrogen and oxygen atoms in total. The molecule has 3 N–H and O–H groups in total.